The number of unbranched alkanes of at least 4 members (excludes halogenated alkanes) is 2. The van der Waals surface area contributed by atoms with Crippen LogP contribution >= 0.6 is 0 Å². The fraction of sp³-hybridized carbons (Fsp3) is 0.375. The highest BCUT2D eigenvalue weighted by molar-refractivity contribution is 6.05. The summed E-state index contributed by atoms with van der Waals surface area (Å²) in [5.41, 5.74) is 4.23. The zero-order chi connectivity index (χ0) is 39.0. The Morgan fingerprint density at radius 2 is 1.00 bits per heavy atom. The van der Waals surface area contributed by atoms with Gasteiger partial charge in [-0.3, -0.25) is 4.79 Å². The van der Waals surface area contributed by atoms with Gasteiger partial charge >= 0.3 is 11.9 Å². The van der Waals surface area contributed by atoms with E-state index >= 15 is 0 Å². The average molecular weight is 725 g/mol. The topological polar surface area (TPSA) is 100 Å². The van der Waals surface area contributed by atoms with Crippen molar-refractivity contribution in [3.63, 3.8) is 0 Å². The van der Waals surface area contributed by atoms with Crippen molar-refractivity contribution in [2.75, 3.05) is 13.2 Å². The molecule has 0 aromatic heterocycles. The molecule has 4 rings (SSSR count). The lowest BCUT2D eigenvalue weighted by Crippen LogP contribution is -2.26. The molecule has 0 heterocycles. The quantitative estimate of drug-likeness (QED) is 0.0542. The Balaban J connectivity index is 0.000000290. The summed E-state index contributed by atoms with van der Waals surface area (Å²) >= 11 is 0. The van der Waals surface area contributed by atoms with Crippen LogP contribution in [0.3, 0.4) is 0 Å². The molecule has 0 bridgehead atoms. The lowest BCUT2D eigenvalue weighted by atomic mass is 9.81. The van der Waals surface area contributed by atoms with Crippen LogP contribution in [0.5, 0.6) is 0 Å². The fourth-order valence-electron chi connectivity index (χ4n) is 6.38. The van der Waals surface area contributed by atoms with Crippen LogP contribution in [0.15, 0.2) is 127 Å². The average Bonchev–Trinajstić information content (AvgIpc) is 3.23. The SMILES string of the molecule is CCCCC(CC)COC(=O)C(C#N)=C(c1ccccc1)c1ccccc1.CCCCC(CC)COC(=O)C(C#N)C(c1ccccc1)c1ccccc1. The van der Waals surface area contributed by atoms with Gasteiger partial charge in [-0.05, 0) is 46.9 Å². The molecule has 0 aliphatic rings. The number of benzene rings is 4. The van der Waals surface area contributed by atoms with Gasteiger partial charge in [0.15, 0.2) is 5.92 Å². The second-order valence-corrected chi connectivity index (χ2v) is 13.6. The summed E-state index contributed by atoms with van der Waals surface area (Å²) in [6, 6.07) is 42.8. The minimum absolute atomic E-state index is 0.0535. The maximum Gasteiger partial charge on any atom is 0.349 e. The molecule has 3 unspecified atom stereocenters. The van der Waals surface area contributed by atoms with Crippen molar-refractivity contribution in [3.05, 3.63) is 149 Å². The first kappa shape index (κ1) is 42.9. The van der Waals surface area contributed by atoms with Gasteiger partial charge < -0.3 is 9.47 Å². The molecule has 0 fully saturated rings. The molecule has 6 heteroatoms. The van der Waals surface area contributed by atoms with E-state index < -0.39 is 17.9 Å². The van der Waals surface area contributed by atoms with E-state index in [9.17, 15) is 20.1 Å². The zero-order valence-corrected chi connectivity index (χ0v) is 32.5. The molecular weight excluding hydrogens is 669 g/mol. The minimum atomic E-state index is -0.863. The van der Waals surface area contributed by atoms with E-state index in [1.165, 1.54) is 0 Å². The largest absolute Gasteiger partial charge is 0.464 e. The van der Waals surface area contributed by atoms with E-state index in [1.54, 1.807) is 0 Å². The summed E-state index contributed by atoms with van der Waals surface area (Å²) in [6.45, 7) is 9.29. The number of hydrogen-bond donors (Lipinski definition) is 0. The van der Waals surface area contributed by atoms with Crippen LogP contribution in [0.1, 0.15) is 107 Å². The van der Waals surface area contributed by atoms with E-state index in [1.807, 2.05) is 121 Å². The van der Waals surface area contributed by atoms with Gasteiger partial charge in [0.2, 0.25) is 0 Å². The molecule has 6 nitrogen and oxygen atoms in total. The Labute approximate surface area is 323 Å². The Hall–Kier alpha value is -5.46. The van der Waals surface area contributed by atoms with Gasteiger partial charge in [-0.25, -0.2) is 4.79 Å². The molecule has 4 aromatic carbocycles. The van der Waals surface area contributed by atoms with Crippen LogP contribution < -0.4 is 0 Å². The highest BCUT2D eigenvalue weighted by atomic mass is 16.5. The molecule has 0 saturated carbocycles. The number of carbonyl (C=O) groups excluding carboxylic acids is 2. The van der Waals surface area contributed by atoms with Crippen LogP contribution in [0.4, 0.5) is 0 Å². The Bertz CT molecular complexity index is 1700. The van der Waals surface area contributed by atoms with Crippen molar-refractivity contribution in [1.29, 1.82) is 10.5 Å². The number of ether oxygens (including phenoxy) is 2. The first-order valence-corrected chi connectivity index (χ1v) is 19.5. The van der Waals surface area contributed by atoms with Gasteiger partial charge in [0, 0.05) is 11.5 Å². The highest BCUT2D eigenvalue weighted by Gasteiger charge is 2.32. The van der Waals surface area contributed by atoms with Gasteiger partial charge in [0.25, 0.3) is 0 Å². The van der Waals surface area contributed by atoms with E-state index in [-0.39, 0.29) is 11.5 Å². The van der Waals surface area contributed by atoms with Crippen LogP contribution in [0.2, 0.25) is 0 Å². The maximum atomic E-state index is 12.8. The molecule has 0 spiro atoms. The Kier molecular flexibility index (Phi) is 19.7. The molecule has 4 aromatic rings. The maximum absolute atomic E-state index is 12.8. The number of carbonyl (C=O) groups is 2. The lowest BCUT2D eigenvalue weighted by molar-refractivity contribution is -0.148. The number of nitriles is 2. The van der Waals surface area contributed by atoms with Crippen molar-refractivity contribution in [3.8, 4) is 12.1 Å². The first-order valence-electron chi connectivity index (χ1n) is 19.5. The predicted octanol–water partition coefficient (Wildman–Crippen LogP) is 11.5. The highest BCUT2D eigenvalue weighted by Crippen LogP contribution is 2.33. The van der Waals surface area contributed by atoms with Gasteiger partial charge in [-0.15, -0.1) is 0 Å². The third kappa shape index (κ3) is 13.5. The van der Waals surface area contributed by atoms with Crippen molar-refractivity contribution in [2.24, 2.45) is 17.8 Å². The van der Waals surface area contributed by atoms with Crippen molar-refractivity contribution in [1.82, 2.24) is 0 Å². The van der Waals surface area contributed by atoms with E-state index in [0.29, 0.717) is 30.6 Å². The summed E-state index contributed by atoms with van der Waals surface area (Å²) in [5, 5.41) is 19.5. The number of hydrogen-bond acceptors (Lipinski definition) is 6. The molecule has 0 N–H and O–H groups in total. The second kappa shape index (κ2) is 24.7. The number of esters is 2. The summed E-state index contributed by atoms with van der Waals surface area (Å²) in [7, 11) is 0. The van der Waals surface area contributed by atoms with Crippen LogP contribution in [0, 0.1) is 40.4 Å². The van der Waals surface area contributed by atoms with Crippen molar-refractivity contribution < 1.29 is 19.1 Å². The Morgan fingerprint density at radius 3 is 1.37 bits per heavy atom. The molecule has 0 aliphatic heterocycles. The molecule has 0 amide bonds. The molecule has 0 saturated heterocycles. The fourth-order valence-corrected chi connectivity index (χ4v) is 6.38. The molecule has 0 radical (unpaired) electrons. The van der Waals surface area contributed by atoms with Crippen LogP contribution in [-0.4, -0.2) is 25.2 Å². The van der Waals surface area contributed by atoms with E-state index in [0.717, 1.165) is 73.6 Å². The lowest BCUT2D eigenvalue weighted by Gasteiger charge is -2.23. The molecular formula is C48H56N2O4. The van der Waals surface area contributed by atoms with Gasteiger partial charge in [0.05, 0.1) is 19.3 Å². The summed E-state index contributed by atoms with van der Waals surface area (Å²) in [6.07, 6.45) is 8.54. The standard InChI is InChI=1S/C24H29NO2.C24H27NO2/c2*1-3-5-12-19(4-2)18-27-24(26)22(17-25)23(20-13-8-6-9-14-20)21-15-10-7-11-16-21/h6-11,13-16,19,22-23H,3-5,12,18H2,1-2H3;6-11,13-16,19H,3-5,12,18H2,1-2H3. The normalized spacial score (nSPS) is 12.1. The monoisotopic (exact) mass is 724 g/mol. The third-order valence-electron chi connectivity index (χ3n) is 9.73. The number of nitrogens with zero attached hydrogens (tertiary/aromatic N) is 2. The zero-order valence-electron chi connectivity index (χ0n) is 32.5. The van der Waals surface area contributed by atoms with Gasteiger partial charge in [0.1, 0.15) is 11.6 Å². The van der Waals surface area contributed by atoms with Gasteiger partial charge in [-0.1, -0.05) is 188 Å². The summed E-state index contributed by atoms with van der Waals surface area (Å²) in [4.78, 5) is 25.6. The van der Waals surface area contributed by atoms with Crippen molar-refractivity contribution >= 4 is 17.5 Å². The number of rotatable bonds is 19. The van der Waals surface area contributed by atoms with Crippen LogP contribution in [0.25, 0.3) is 5.57 Å². The molecule has 282 valence electrons. The van der Waals surface area contributed by atoms with Crippen LogP contribution in [-0.2, 0) is 19.1 Å². The molecule has 0 aliphatic carbocycles. The first-order chi connectivity index (χ1) is 26.4. The second-order valence-electron chi connectivity index (χ2n) is 13.6. The van der Waals surface area contributed by atoms with Crippen molar-refractivity contribution in [2.45, 2.75) is 85.0 Å². The Morgan fingerprint density at radius 1 is 0.593 bits per heavy atom. The minimum Gasteiger partial charge on any atom is -0.464 e. The smallest absolute Gasteiger partial charge is 0.349 e. The van der Waals surface area contributed by atoms with E-state index in [4.69, 9.17) is 9.47 Å². The predicted molar refractivity (Wildman–Crippen MR) is 217 cm³/mol. The molecule has 3 atom stereocenters. The molecule has 54 heavy (non-hydrogen) atoms. The van der Waals surface area contributed by atoms with Gasteiger partial charge in [-0.2, -0.15) is 10.5 Å². The van der Waals surface area contributed by atoms with E-state index in [2.05, 4.69) is 39.8 Å². The third-order valence-corrected chi connectivity index (χ3v) is 9.73. The summed E-state index contributed by atoms with van der Waals surface area (Å²) in [5.74, 6) is -1.47. The summed E-state index contributed by atoms with van der Waals surface area (Å²) < 4.78 is 11.2.